The second-order valence-electron chi connectivity index (χ2n) is 2.20. The first-order valence-electron chi connectivity index (χ1n) is 3.53. The van der Waals surface area contributed by atoms with E-state index in [2.05, 4.69) is 5.32 Å². The summed E-state index contributed by atoms with van der Waals surface area (Å²) < 4.78 is 21.9. The zero-order chi connectivity index (χ0) is 8.04. The third-order valence-electron chi connectivity index (χ3n) is 1.09. The molecule has 0 aromatic heterocycles. The van der Waals surface area contributed by atoms with Gasteiger partial charge in [0.2, 0.25) is 0 Å². The molecule has 0 amide bonds. The average molecular weight is 165 g/mol. The summed E-state index contributed by atoms with van der Waals surface area (Å²) in [6.45, 7) is 4.47. The third-order valence-corrected chi connectivity index (χ3v) is 2.76. The summed E-state index contributed by atoms with van der Waals surface area (Å²) in [5.74, 6) is 0.414. The van der Waals surface area contributed by atoms with E-state index in [-0.39, 0.29) is 5.88 Å². The minimum atomic E-state index is -2.80. The molecule has 1 N–H and O–H groups in total. The van der Waals surface area contributed by atoms with E-state index in [1.165, 1.54) is 0 Å². The highest BCUT2D eigenvalue weighted by Gasteiger charge is 2.06. The molecule has 0 aromatic rings. The molecule has 0 spiro atoms. The second kappa shape index (κ2) is 4.68. The van der Waals surface area contributed by atoms with Crippen LogP contribution >= 0.6 is 0 Å². The Morgan fingerprint density at radius 1 is 1.30 bits per heavy atom. The van der Waals surface area contributed by atoms with Gasteiger partial charge in [-0.3, -0.25) is 0 Å². The lowest BCUT2D eigenvalue weighted by atomic mass is 10.6. The molecule has 3 nitrogen and oxygen atoms in total. The van der Waals surface area contributed by atoms with Crippen LogP contribution in [0, 0.1) is 0 Å². The van der Waals surface area contributed by atoms with Gasteiger partial charge in [-0.15, -0.1) is 0 Å². The van der Waals surface area contributed by atoms with Gasteiger partial charge in [0, 0.05) is 0 Å². The van der Waals surface area contributed by atoms with Crippen molar-refractivity contribution < 1.29 is 8.42 Å². The summed E-state index contributed by atoms with van der Waals surface area (Å²) in [7, 11) is -2.80. The number of hydrogen-bond acceptors (Lipinski definition) is 3. The van der Waals surface area contributed by atoms with Crippen LogP contribution in [0.25, 0.3) is 0 Å². The lowest BCUT2D eigenvalue weighted by Gasteiger charge is -2.01. The van der Waals surface area contributed by atoms with E-state index < -0.39 is 9.84 Å². The van der Waals surface area contributed by atoms with E-state index in [1.807, 2.05) is 13.8 Å². The molecule has 0 bridgehead atoms. The van der Waals surface area contributed by atoms with E-state index in [1.54, 1.807) is 0 Å². The van der Waals surface area contributed by atoms with Crippen LogP contribution < -0.4 is 5.32 Å². The summed E-state index contributed by atoms with van der Waals surface area (Å²) >= 11 is 0. The SMILES string of the molecule is CCCS(=O)(=O)CNCC. The Kier molecular flexibility index (Phi) is 4.64. The summed E-state index contributed by atoms with van der Waals surface area (Å²) in [6.07, 6.45) is 0.702. The molecule has 62 valence electrons. The molecule has 0 aliphatic rings. The van der Waals surface area contributed by atoms with E-state index >= 15 is 0 Å². The molecule has 0 aliphatic heterocycles. The predicted octanol–water partition coefficient (Wildman–Crippen LogP) is 0.378. The Balaban J connectivity index is 3.65. The van der Waals surface area contributed by atoms with Crippen LogP contribution in [0.5, 0.6) is 0 Å². The van der Waals surface area contributed by atoms with Gasteiger partial charge in [0.05, 0.1) is 11.6 Å². The highest BCUT2D eigenvalue weighted by molar-refractivity contribution is 7.91. The van der Waals surface area contributed by atoms with Crippen LogP contribution in [0.15, 0.2) is 0 Å². The Morgan fingerprint density at radius 2 is 1.90 bits per heavy atom. The van der Waals surface area contributed by atoms with Crippen LogP contribution in [-0.2, 0) is 9.84 Å². The number of rotatable bonds is 5. The van der Waals surface area contributed by atoms with Gasteiger partial charge in [0.25, 0.3) is 0 Å². The van der Waals surface area contributed by atoms with Crippen LogP contribution in [0.1, 0.15) is 20.3 Å². The van der Waals surface area contributed by atoms with Crippen molar-refractivity contribution in [3.8, 4) is 0 Å². The molecule has 0 atom stereocenters. The molecule has 0 unspecified atom stereocenters. The molecule has 10 heavy (non-hydrogen) atoms. The topological polar surface area (TPSA) is 46.2 Å². The monoisotopic (exact) mass is 165 g/mol. The summed E-state index contributed by atoms with van der Waals surface area (Å²) in [5, 5.41) is 2.79. The van der Waals surface area contributed by atoms with E-state index in [4.69, 9.17) is 0 Å². The first-order chi connectivity index (χ1) is 4.62. The maximum absolute atomic E-state index is 10.9. The maximum atomic E-state index is 10.9. The fourth-order valence-electron chi connectivity index (χ4n) is 0.641. The van der Waals surface area contributed by atoms with Gasteiger partial charge < -0.3 is 5.32 Å². The highest BCUT2D eigenvalue weighted by Crippen LogP contribution is 1.89. The zero-order valence-corrected chi connectivity index (χ0v) is 7.37. The van der Waals surface area contributed by atoms with Crippen molar-refractivity contribution in [2.75, 3.05) is 18.2 Å². The smallest absolute Gasteiger partial charge is 0.163 e. The van der Waals surface area contributed by atoms with Crippen molar-refractivity contribution in [1.29, 1.82) is 0 Å². The molecule has 0 saturated carbocycles. The Bertz CT molecular complexity index is 163. The van der Waals surface area contributed by atoms with Crippen LogP contribution in [0.4, 0.5) is 0 Å². The molecule has 0 aromatic carbocycles. The minimum Gasteiger partial charge on any atom is -0.304 e. The molecular formula is C6H15NO2S. The lowest BCUT2D eigenvalue weighted by Crippen LogP contribution is -2.24. The fourth-order valence-corrected chi connectivity index (χ4v) is 1.92. The van der Waals surface area contributed by atoms with Crippen molar-refractivity contribution in [2.45, 2.75) is 20.3 Å². The Labute approximate surface area is 62.7 Å². The average Bonchev–Trinajstić information content (AvgIpc) is 1.84. The molecule has 0 saturated heterocycles. The standard InChI is InChI=1S/C6H15NO2S/c1-3-5-10(8,9)6-7-4-2/h7H,3-6H2,1-2H3. The normalized spacial score (nSPS) is 11.8. The van der Waals surface area contributed by atoms with E-state index in [0.717, 1.165) is 0 Å². The molecule has 0 heterocycles. The largest absolute Gasteiger partial charge is 0.304 e. The molecule has 0 rings (SSSR count). The predicted molar refractivity (Wildman–Crippen MR) is 42.6 cm³/mol. The van der Waals surface area contributed by atoms with E-state index in [0.29, 0.717) is 18.7 Å². The Morgan fingerprint density at radius 3 is 2.30 bits per heavy atom. The molecule has 0 radical (unpaired) electrons. The zero-order valence-electron chi connectivity index (χ0n) is 6.55. The van der Waals surface area contributed by atoms with Gasteiger partial charge in [-0.2, -0.15) is 0 Å². The minimum absolute atomic E-state index is 0.122. The maximum Gasteiger partial charge on any atom is 0.163 e. The lowest BCUT2D eigenvalue weighted by molar-refractivity contribution is 0.587. The number of nitrogens with one attached hydrogen (secondary N) is 1. The van der Waals surface area contributed by atoms with Gasteiger partial charge in [0.15, 0.2) is 9.84 Å². The molecule has 0 aliphatic carbocycles. The second-order valence-corrected chi connectivity index (χ2v) is 4.38. The van der Waals surface area contributed by atoms with Crippen molar-refractivity contribution in [2.24, 2.45) is 0 Å². The van der Waals surface area contributed by atoms with Crippen molar-refractivity contribution in [3.63, 3.8) is 0 Å². The van der Waals surface area contributed by atoms with Crippen LogP contribution in [0.2, 0.25) is 0 Å². The number of sulfone groups is 1. The van der Waals surface area contributed by atoms with Gasteiger partial charge in [0.1, 0.15) is 0 Å². The van der Waals surface area contributed by atoms with Crippen molar-refractivity contribution >= 4 is 9.84 Å². The fraction of sp³-hybridized carbons (Fsp3) is 1.00. The van der Waals surface area contributed by atoms with Gasteiger partial charge in [-0.1, -0.05) is 13.8 Å². The van der Waals surface area contributed by atoms with Crippen LogP contribution in [-0.4, -0.2) is 26.6 Å². The third kappa shape index (κ3) is 4.76. The molecule has 0 fully saturated rings. The summed E-state index contributed by atoms with van der Waals surface area (Å²) in [5.41, 5.74) is 0. The number of hydrogen-bond donors (Lipinski definition) is 1. The molecule has 4 heteroatoms. The van der Waals surface area contributed by atoms with Gasteiger partial charge in [-0.25, -0.2) is 8.42 Å². The highest BCUT2D eigenvalue weighted by atomic mass is 32.2. The first kappa shape index (κ1) is 9.91. The van der Waals surface area contributed by atoms with Crippen molar-refractivity contribution in [3.05, 3.63) is 0 Å². The first-order valence-corrected chi connectivity index (χ1v) is 5.35. The summed E-state index contributed by atoms with van der Waals surface area (Å²) in [6, 6.07) is 0. The van der Waals surface area contributed by atoms with E-state index in [9.17, 15) is 8.42 Å². The van der Waals surface area contributed by atoms with Crippen LogP contribution in [0.3, 0.4) is 0 Å². The summed E-state index contributed by atoms with van der Waals surface area (Å²) in [4.78, 5) is 0. The molecular weight excluding hydrogens is 150 g/mol. The Hall–Kier alpha value is -0.0900. The van der Waals surface area contributed by atoms with Gasteiger partial charge >= 0.3 is 0 Å². The van der Waals surface area contributed by atoms with Gasteiger partial charge in [-0.05, 0) is 13.0 Å². The quantitative estimate of drug-likeness (QED) is 0.640. The van der Waals surface area contributed by atoms with Crippen molar-refractivity contribution in [1.82, 2.24) is 5.32 Å².